The first-order valence-electron chi connectivity index (χ1n) is 5.06. The molecule has 0 fully saturated rings. The second-order valence-electron chi connectivity index (χ2n) is 3.69. The van der Waals surface area contributed by atoms with E-state index in [2.05, 4.69) is 32.5 Å². The second-order valence-corrected chi connectivity index (χ2v) is 3.69. The van der Waals surface area contributed by atoms with E-state index in [1.54, 1.807) is 6.20 Å². The third-order valence-electron chi connectivity index (χ3n) is 2.79. The Morgan fingerprint density at radius 1 is 0.938 bits per heavy atom. The van der Waals surface area contributed by atoms with E-state index in [0.29, 0.717) is 0 Å². The highest BCUT2D eigenvalue weighted by Crippen LogP contribution is 2.29. The van der Waals surface area contributed by atoms with E-state index in [0.717, 1.165) is 11.3 Å². The number of H-pyrrole nitrogens is 1. The Morgan fingerprint density at radius 3 is 2.31 bits per heavy atom. The quantitative estimate of drug-likeness (QED) is 0.806. The highest BCUT2D eigenvalue weighted by Gasteiger charge is 2.34. The topological polar surface area (TPSA) is 53.4 Å². The van der Waals surface area contributed by atoms with Crippen LogP contribution in [0.1, 0.15) is 11.3 Å². The predicted molar refractivity (Wildman–Crippen MR) is 62.8 cm³/mol. The molecule has 1 aromatic heterocycles. The summed E-state index contributed by atoms with van der Waals surface area (Å²) in [5.41, 5.74) is 1.71. The smallest absolute Gasteiger partial charge is 0.111 e. The van der Waals surface area contributed by atoms with Crippen LogP contribution in [-0.2, 0) is 5.41 Å². The third-order valence-corrected chi connectivity index (χ3v) is 2.79. The average molecular weight is 210 g/mol. The lowest BCUT2D eigenvalue weighted by Crippen LogP contribution is -2.29. The minimum atomic E-state index is -0.391. The zero-order chi connectivity index (χ0) is 10.8. The molecule has 0 saturated heterocycles. The van der Waals surface area contributed by atoms with Crippen molar-refractivity contribution < 1.29 is 0 Å². The maximum Gasteiger partial charge on any atom is 0.111 e. The molecule has 4 heteroatoms. The van der Waals surface area contributed by atoms with Crippen molar-refractivity contribution >= 4 is 12.4 Å². The molecule has 16 heavy (non-hydrogen) atoms. The monoisotopic (exact) mass is 210 g/mol. The number of hydrogen-bond donors (Lipinski definition) is 1. The lowest BCUT2D eigenvalue weighted by Gasteiger charge is -2.21. The highest BCUT2D eigenvalue weighted by atomic mass is 15.2. The standard InChI is InChI=1S/C12H10N4/c1-2-4-10(5-3-1)12(8-14-15-9-12)11-6-7-13-16-11/h1-9H,(H,13,16). The van der Waals surface area contributed by atoms with Crippen molar-refractivity contribution in [3.63, 3.8) is 0 Å². The Morgan fingerprint density at radius 2 is 1.69 bits per heavy atom. The van der Waals surface area contributed by atoms with E-state index >= 15 is 0 Å². The van der Waals surface area contributed by atoms with Crippen molar-refractivity contribution in [2.75, 3.05) is 0 Å². The Balaban J connectivity index is 2.19. The molecule has 0 amide bonds. The van der Waals surface area contributed by atoms with Crippen LogP contribution in [0.3, 0.4) is 0 Å². The summed E-state index contributed by atoms with van der Waals surface area (Å²) in [7, 11) is 0. The summed E-state index contributed by atoms with van der Waals surface area (Å²) in [6.45, 7) is 0. The molecule has 1 aliphatic heterocycles. The first-order chi connectivity index (χ1) is 7.92. The van der Waals surface area contributed by atoms with Gasteiger partial charge >= 0.3 is 0 Å². The van der Waals surface area contributed by atoms with Gasteiger partial charge in [-0.2, -0.15) is 15.3 Å². The molecular formula is C12H10N4. The van der Waals surface area contributed by atoms with Crippen molar-refractivity contribution in [1.29, 1.82) is 0 Å². The van der Waals surface area contributed by atoms with Crippen LogP contribution in [-0.4, -0.2) is 22.6 Å². The lowest BCUT2D eigenvalue weighted by molar-refractivity contribution is 0.889. The average Bonchev–Trinajstić information content (AvgIpc) is 3.02. The number of aromatic amines is 1. The SMILES string of the molecule is C1=NN=CC1(c1ccccc1)c1ccn[nH]1. The van der Waals surface area contributed by atoms with Gasteiger partial charge in [-0.1, -0.05) is 30.3 Å². The van der Waals surface area contributed by atoms with E-state index in [-0.39, 0.29) is 0 Å². The molecule has 0 aliphatic carbocycles. The minimum absolute atomic E-state index is 0.391. The molecule has 1 N–H and O–H groups in total. The van der Waals surface area contributed by atoms with Crippen LogP contribution in [0.15, 0.2) is 52.8 Å². The number of aromatic nitrogens is 2. The summed E-state index contributed by atoms with van der Waals surface area (Å²) in [5.74, 6) is 0. The predicted octanol–water partition coefficient (Wildman–Crippen LogP) is 1.77. The largest absolute Gasteiger partial charge is 0.281 e. The fourth-order valence-electron chi connectivity index (χ4n) is 1.93. The molecule has 0 bridgehead atoms. The van der Waals surface area contributed by atoms with Crippen LogP contribution in [0.5, 0.6) is 0 Å². The summed E-state index contributed by atoms with van der Waals surface area (Å²) in [6.07, 6.45) is 5.39. The molecule has 0 unspecified atom stereocenters. The molecule has 0 spiro atoms. The van der Waals surface area contributed by atoms with Gasteiger partial charge in [-0.05, 0) is 11.6 Å². The van der Waals surface area contributed by atoms with Gasteiger partial charge < -0.3 is 0 Å². The van der Waals surface area contributed by atoms with Gasteiger partial charge in [0.25, 0.3) is 0 Å². The second kappa shape index (κ2) is 3.41. The van der Waals surface area contributed by atoms with Crippen LogP contribution in [0.25, 0.3) is 0 Å². The molecule has 2 heterocycles. The van der Waals surface area contributed by atoms with Gasteiger partial charge in [-0.3, -0.25) is 5.10 Å². The summed E-state index contributed by atoms with van der Waals surface area (Å²) in [4.78, 5) is 0. The van der Waals surface area contributed by atoms with E-state index in [1.807, 2.05) is 36.7 Å². The van der Waals surface area contributed by atoms with Gasteiger partial charge in [0, 0.05) is 18.6 Å². The number of hydrogen-bond acceptors (Lipinski definition) is 3. The van der Waals surface area contributed by atoms with E-state index < -0.39 is 5.41 Å². The van der Waals surface area contributed by atoms with Gasteiger partial charge in [-0.25, -0.2) is 0 Å². The number of rotatable bonds is 2. The van der Waals surface area contributed by atoms with Crippen LogP contribution >= 0.6 is 0 Å². The fourth-order valence-corrected chi connectivity index (χ4v) is 1.93. The molecule has 3 rings (SSSR count). The number of nitrogens with zero attached hydrogens (tertiary/aromatic N) is 3. The van der Waals surface area contributed by atoms with E-state index in [4.69, 9.17) is 0 Å². The summed E-state index contributed by atoms with van der Waals surface area (Å²) in [5, 5.41) is 14.9. The maximum atomic E-state index is 3.99. The first kappa shape index (κ1) is 9.03. The molecule has 0 saturated carbocycles. The van der Waals surface area contributed by atoms with Gasteiger partial charge in [0.2, 0.25) is 0 Å². The van der Waals surface area contributed by atoms with Crippen LogP contribution in [0.2, 0.25) is 0 Å². The van der Waals surface area contributed by atoms with E-state index in [1.165, 1.54) is 0 Å². The zero-order valence-corrected chi connectivity index (χ0v) is 8.54. The third kappa shape index (κ3) is 1.20. The molecule has 1 aromatic carbocycles. The molecule has 0 atom stereocenters. The Kier molecular flexibility index (Phi) is 1.93. The fraction of sp³-hybridized carbons (Fsp3) is 0.0833. The van der Waals surface area contributed by atoms with Gasteiger partial charge in [0.15, 0.2) is 0 Å². The molecule has 2 aromatic rings. The van der Waals surface area contributed by atoms with Crippen LogP contribution in [0.4, 0.5) is 0 Å². The van der Waals surface area contributed by atoms with Gasteiger partial charge in [-0.15, -0.1) is 0 Å². The Labute approximate surface area is 92.7 Å². The molecule has 4 nitrogen and oxygen atoms in total. The molecule has 0 radical (unpaired) electrons. The van der Waals surface area contributed by atoms with Crippen molar-refractivity contribution in [2.24, 2.45) is 10.2 Å². The van der Waals surface area contributed by atoms with Crippen LogP contribution in [0, 0.1) is 0 Å². The highest BCUT2D eigenvalue weighted by molar-refractivity contribution is 6.02. The zero-order valence-electron chi connectivity index (χ0n) is 8.54. The van der Waals surface area contributed by atoms with Crippen molar-refractivity contribution in [3.05, 3.63) is 53.9 Å². The summed E-state index contributed by atoms with van der Waals surface area (Å²) < 4.78 is 0. The summed E-state index contributed by atoms with van der Waals surface area (Å²) in [6, 6.07) is 12.1. The van der Waals surface area contributed by atoms with Crippen molar-refractivity contribution in [3.8, 4) is 0 Å². The van der Waals surface area contributed by atoms with Crippen molar-refractivity contribution in [2.45, 2.75) is 5.41 Å². The minimum Gasteiger partial charge on any atom is -0.281 e. The maximum absolute atomic E-state index is 3.99. The number of nitrogens with one attached hydrogen (secondary N) is 1. The Bertz CT molecular complexity index is 513. The van der Waals surface area contributed by atoms with Crippen LogP contribution < -0.4 is 0 Å². The summed E-state index contributed by atoms with van der Waals surface area (Å²) >= 11 is 0. The molecule has 1 aliphatic rings. The molecule has 78 valence electrons. The Hall–Kier alpha value is -2.23. The first-order valence-corrected chi connectivity index (χ1v) is 5.06. The van der Waals surface area contributed by atoms with Crippen molar-refractivity contribution in [1.82, 2.24) is 10.2 Å². The molecular weight excluding hydrogens is 200 g/mol. The van der Waals surface area contributed by atoms with Gasteiger partial charge in [0.1, 0.15) is 5.41 Å². The van der Waals surface area contributed by atoms with Gasteiger partial charge in [0.05, 0.1) is 5.69 Å². The van der Waals surface area contributed by atoms with E-state index in [9.17, 15) is 0 Å². The lowest BCUT2D eigenvalue weighted by atomic mass is 9.80. The normalized spacial score (nSPS) is 16.8. The number of benzene rings is 1.